The van der Waals surface area contributed by atoms with Crippen molar-refractivity contribution in [1.29, 1.82) is 0 Å². The molecule has 156 valence electrons. The summed E-state index contributed by atoms with van der Waals surface area (Å²) < 4.78 is 1.01. The number of fused-ring (bicyclic) bond motifs is 1. The minimum absolute atomic E-state index is 0.0690. The van der Waals surface area contributed by atoms with Gasteiger partial charge in [-0.3, -0.25) is 19.8 Å². The molecule has 1 heterocycles. The normalized spacial score (nSPS) is 10.9. The van der Waals surface area contributed by atoms with Gasteiger partial charge in [0.25, 0.3) is 11.6 Å². The van der Waals surface area contributed by atoms with Crippen molar-refractivity contribution in [2.24, 2.45) is 0 Å². The van der Waals surface area contributed by atoms with E-state index in [-0.39, 0.29) is 22.8 Å². The van der Waals surface area contributed by atoms with Crippen molar-refractivity contribution in [1.82, 2.24) is 4.98 Å². The summed E-state index contributed by atoms with van der Waals surface area (Å²) in [7, 11) is 0. The molecule has 0 aliphatic rings. The third kappa shape index (κ3) is 4.15. The van der Waals surface area contributed by atoms with E-state index in [4.69, 9.17) is 16.6 Å². The predicted octanol–water partition coefficient (Wildman–Crippen LogP) is 6.32. The molecule has 1 aromatic heterocycles. The van der Waals surface area contributed by atoms with Gasteiger partial charge in [0.2, 0.25) is 0 Å². The van der Waals surface area contributed by atoms with Crippen molar-refractivity contribution in [2.75, 3.05) is 4.90 Å². The van der Waals surface area contributed by atoms with Crippen LogP contribution in [0.3, 0.4) is 0 Å². The third-order valence-electron chi connectivity index (χ3n) is 4.98. The zero-order chi connectivity index (χ0) is 22.1. The van der Waals surface area contributed by atoms with Crippen molar-refractivity contribution < 1.29 is 9.72 Å². The van der Waals surface area contributed by atoms with Gasteiger partial charge in [0, 0.05) is 12.1 Å². The van der Waals surface area contributed by atoms with E-state index < -0.39 is 10.8 Å². The van der Waals surface area contributed by atoms with E-state index in [1.807, 2.05) is 56.3 Å². The number of benzene rings is 3. The van der Waals surface area contributed by atoms with Crippen molar-refractivity contribution in [2.45, 2.75) is 20.4 Å². The molecule has 0 N–H and O–H groups in total. The van der Waals surface area contributed by atoms with E-state index in [9.17, 15) is 14.9 Å². The molecule has 6 nitrogen and oxygen atoms in total. The summed E-state index contributed by atoms with van der Waals surface area (Å²) in [6.45, 7) is 4.24. The van der Waals surface area contributed by atoms with Crippen molar-refractivity contribution >= 4 is 49.9 Å². The Morgan fingerprint density at radius 2 is 1.81 bits per heavy atom. The molecule has 4 aromatic rings. The average molecular weight is 452 g/mol. The van der Waals surface area contributed by atoms with E-state index in [0.29, 0.717) is 5.13 Å². The van der Waals surface area contributed by atoms with E-state index in [0.717, 1.165) is 26.9 Å². The van der Waals surface area contributed by atoms with Crippen LogP contribution in [0.1, 0.15) is 27.0 Å². The van der Waals surface area contributed by atoms with Crippen LogP contribution in [-0.4, -0.2) is 15.8 Å². The minimum atomic E-state index is -0.543. The molecular formula is C23H18ClN3O3S. The Morgan fingerprint density at radius 3 is 2.48 bits per heavy atom. The van der Waals surface area contributed by atoms with Crippen molar-refractivity contribution in [3.8, 4) is 0 Å². The number of carbonyl (C=O) groups excluding carboxylic acids is 1. The average Bonchev–Trinajstić information content (AvgIpc) is 3.22. The van der Waals surface area contributed by atoms with Crippen LogP contribution in [0.5, 0.6) is 0 Å². The van der Waals surface area contributed by atoms with Gasteiger partial charge in [-0.15, -0.1) is 0 Å². The number of thiazole rings is 1. The van der Waals surface area contributed by atoms with Gasteiger partial charge < -0.3 is 0 Å². The number of hydrogen-bond acceptors (Lipinski definition) is 5. The Hall–Kier alpha value is -3.29. The Labute approximate surface area is 187 Å². The number of aromatic nitrogens is 1. The Bertz CT molecular complexity index is 1270. The highest BCUT2D eigenvalue weighted by Gasteiger charge is 2.26. The summed E-state index contributed by atoms with van der Waals surface area (Å²) in [6, 6.07) is 17.4. The van der Waals surface area contributed by atoms with Crippen molar-refractivity contribution in [3.63, 3.8) is 0 Å². The molecule has 0 saturated heterocycles. The number of nitrogens with zero attached hydrogens (tertiary/aromatic N) is 3. The predicted molar refractivity (Wildman–Crippen MR) is 124 cm³/mol. The Kier molecular flexibility index (Phi) is 5.71. The summed E-state index contributed by atoms with van der Waals surface area (Å²) >= 11 is 7.69. The molecule has 0 aliphatic heterocycles. The van der Waals surface area contributed by atoms with Crippen LogP contribution in [0.2, 0.25) is 5.02 Å². The lowest BCUT2D eigenvalue weighted by molar-refractivity contribution is -0.384. The quantitative estimate of drug-likeness (QED) is 0.262. The standard InChI is InChI=1S/C23H18ClN3O3S/c1-14-8-9-15(2)21-20(14)25-23(31-21)26(13-16-6-4-3-5-7-16)22(28)18-12-17(27(29)30)10-11-19(18)24/h3-12H,13H2,1-2H3. The maximum atomic E-state index is 13.6. The zero-order valence-corrected chi connectivity index (χ0v) is 18.4. The van der Waals surface area contributed by atoms with Gasteiger partial charge >= 0.3 is 0 Å². The van der Waals surface area contributed by atoms with Gasteiger partial charge in [-0.05, 0) is 36.6 Å². The van der Waals surface area contributed by atoms with Crippen LogP contribution in [0.4, 0.5) is 10.8 Å². The second-order valence-corrected chi connectivity index (χ2v) is 8.56. The first-order valence-corrected chi connectivity index (χ1v) is 10.7. The molecule has 0 unspecified atom stereocenters. The number of rotatable bonds is 5. The summed E-state index contributed by atoms with van der Waals surface area (Å²) in [5.41, 5.74) is 3.72. The lowest BCUT2D eigenvalue weighted by Gasteiger charge is -2.20. The fourth-order valence-electron chi connectivity index (χ4n) is 3.29. The van der Waals surface area contributed by atoms with Gasteiger partial charge in [-0.1, -0.05) is 65.4 Å². The SMILES string of the molecule is Cc1ccc(C)c2sc(N(Cc3ccccc3)C(=O)c3cc([N+](=O)[O-])ccc3Cl)nc12. The molecule has 0 saturated carbocycles. The lowest BCUT2D eigenvalue weighted by Crippen LogP contribution is -2.30. The highest BCUT2D eigenvalue weighted by Crippen LogP contribution is 2.35. The first-order chi connectivity index (χ1) is 14.8. The molecule has 0 radical (unpaired) electrons. The molecular weight excluding hydrogens is 434 g/mol. The summed E-state index contributed by atoms with van der Waals surface area (Å²) in [5.74, 6) is -0.438. The summed E-state index contributed by atoms with van der Waals surface area (Å²) in [6.07, 6.45) is 0. The topological polar surface area (TPSA) is 76.3 Å². The maximum absolute atomic E-state index is 13.6. The molecule has 0 spiro atoms. The molecule has 3 aromatic carbocycles. The third-order valence-corrected chi connectivity index (χ3v) is 6.52. The first-order valence-electron chi connectivity index (χ1n) is 9.51. The van der Waals surface area contributed by atoms with Crippen LogP contribution in [0.15, 0.2) is 60.7 Å². The second-order valence-electron chi connectivity index (χ2n) is 7.17. The van der Waals surface area contributed by atoms with Crippen LogP contribution < -0.4 is 4.90 Å². The molecule has 0 aliphatic carbocycles. The van der Waals surface area contributed by atoms with Crippen molar-refractivity contribution in [3.05, 3.63) is 98.1 Å². The number of anilines is 1. The number of amides is 1. The number of carbonyl (C=O) groups is 1. The van der Waals surface area contributed by atoms with E-state index in [2.05, 4.69) is 0 Å². The fourth-order valence-corrected chi connectivity index (χ4v) is 4.60. The highest BCUT2D eigenvalue weighted by molar-refractivity contribution is 7.22. The van der Waals surface area contributed by atoms with Gasteiger partial charge in [-0.2, -0.15) is 0 Å². The Balaban J connectivity index is 1.85. The number of nitro groups is 1. The molecule has 1 amide bonds. The van der Waals surface area contributed by atoms with Gasteiger partial charge in [0.1, 0.15) is 0 Å². The number of hydrogen-bond donors (Lipinski definition) is 0. The smallest absolute Gasteiger partial charge is 0.270 e. The molecule has 8 heteroatoms. The first kappa shape index (κ1) is 21.0. The second kappa shape index (κ2) is 8.45. The van der Waals surface area contributed by atoms with Gasteiger partial charge in [0.05, 0.1) is 32.3 Å². The molecule has 31 heavy (non-hydrogen) atoms. The molecule has 0 atom stereocenters. The van der Waals surface area contributed by atoms with E-state index in [1.165, 1.54) is 34.4 Å². The lowest BCUT2D eigenvalue weighted by atomic mass is 10.1. The molecule has 0 bridgehead atoms. The number of halogens is 1. The Morgan fingerprint density at radius 1 is 1.10 bits per heavy atom. The van der Waals surface area contributed by atoms with Crippen LogP contribution in [0, 0.1) is 24.0 Å². The maximum Gasteiger partial charge on any atom is 0.270 e. The largest absolute Gasteiger partial charge is 0.279 e. The number of aryl methyl sites for hydroxylation is 2. The van der Waals surface area contributed by atoms with Crippen LogP contribution >= 0.6 is 22.9 Å². The molecule has 0 fully saturated rings. The zero-order valence-electron chi connectivity index (χ0n) is 16.8. The van der Waals surface area contributed by atoms with E-state index >= 15 is 0 Å². The van der Waals surface area contributed by atoms with Gasteiger partial charge in [-0.25, -0.2) is 4.98 Å². The monoisotopic (exact) mass is 451 g/mol. The van der Waals surface area contributed by atoms with Crippen LogP contribution in [-0.2, 0) is 6.54 Å². The van der Waals surface area contributed by atoms with Gasteiger partial charge in [0.15, 0.2) is 5.13 Å². The fraction of sp³-hybridized carbons (Fsp3) is 0.130. The minimum Gasteiger partial charge on any atom is -0.279 e. The number of non-ortho nitro benzene ring substituents is 1. The van der Waals surface area contributed by atoms with E-state index in [1.54, 1.807) is 0 Å². The number of nitro benzene ring substituents is 1. The summed E-state index contributed by atoms with van der Waals surface area (Å²) in [4.78, 5) is 30.6. The van der Waals surface area contributed by atoms with Crippen LogP contribution in [0.25, 0.3) is 10.2 Å². The highest BCUT2D eigenvalue weighted by atomic mass is 35.5. The summed E-state index contributed by atoms with van der Waals surface area (Å²) in [5, 5.41) is 11.9. The molecule has 4 rings (SSSR count).